The monoisotopic (exact) mass is 228 g/mol. The Morgan fingerprint density at radius 3 is 2.62 bits per heavy atom. The fourth-order valence-electron chi connectivity index (χ4n) is 1.79. The largest absolute Gasteiger partial charge is 0.448 e. The molecular formula is C12H24N2O2. The van der Waals surface area contributed by atoms with Gasteiger partial charge in [0.05, 0.1) is 0 Å². The minimum absolute atomic E-state index is 0.280. The first-order valence-electron chi connectivity index (χ1n) is 6.25. The summed E-state index contributed by atoms with van der Waals surface area (Å²) >= 11 is 0. The Morgan fingerprint density at radius 1 is 1.44 bits per heavy atom. The van der Waals surface area contributed by atoms with E-state index >= 15 is 0 Å². The van der Waals surface area contributed by atoms with Crippen LogP contribution in [0.5, 0.6) is 0 Å². The zero-order valence-corrected chi connectivity index (χ0v) is 10.4. The van der Waals surface area contributed by atoms with Gasteiger partial charge in [-0.2, -0.15) is 0 Å². The summed E-state index contributed by atoms with van der Waals surface area (Å²) < 4.78 is 5.13. The molecule has 3 N–H and O–H groups in total. The van der Waals surface area contributed by atoms with E-state index in [4.69, 9.17) is 10.5 Å². The van der Waals surface area contributed by atoms with Crippen LogP contribution in [0.1, 0.15) is 52.4 Å². The highest BCUT2D eigenvalue weighted by atomic mass is 16.5. The van der Waals surface area contributed by atoms with Crippen LogP contribution in [0, 0.1) is 0 Å². The molecule has 0 aromatic heterocycles. The van der Waals surface area contributed by atoms with E-state index in [9.17, 15) is 4.79 Å². The van der Waals surface area contributed by atoms with Gasteiger partial charge in [0.25, 0.3) is 0 Å². The van der Waals surface area contributed by atoms with E-state index in [0.29, 0.717) is 6.04 Å². The van der Waals surface area contributed by atoms with Crippen LogP contribution >= 0.6 is 0 Å². The molecule has 1 unspecified atom stereocenters. The molecule has 1 amide bonds. The van der Waals surface area contributed by atoms with Crippen molar-refractivity contribution in [1.82, 2.24) is 5.32 Å². The first-order chi connectivity index (χ1) is 7.53. The van der Waals surface area contributed by atoms with Gasteiger partial charge in [0.2, 0.25) is 0 Å². The average molecular weight is 228 g/mol. The standard InChI is InChI=1S/C12H24N2O2/c1-3-12(2,13)9-16-11(15)14-10-7-5-4-6-8-10/h10H,3-9,13H2,1-2H3,(H,14,15). The number of nitrogens with two attached hydrogens (primary N) is 1. The molecule has 0 heterocycles. The lowest BCUT2D eigenvalue weighted by Gasteiger charge is -2.25. The normalized spacial score (nSPS) is 21.2. The summed E-state index contributed by atoms with van der Waals surface area (Å²) in [6, 6.07) is 0.298. The van der Waals surface area contributed by atoms with Crippen LogP contribution in [0.4, 0.5) is 4.79 Å². The van der Waals surface area contributed by atoms with Crippen LogP contribution in [0.3, 0.4) is 0 Å². The van der Waals surface area contributed by atoms with E-state index in [1.54, 1.807) is 0 Å². The van der Waals surface area contributed by atoms with Gasteiger partial charge in [-0.3, -0.25) is 0 Å². The number of hydrogen-bond acceptors (Lipinski definition) is 3. The summed E-state index contributed by atoms with van der Waals surface area (Å²) in [5, 5.41) is 2.90. The summed E-state index contributed by atoms with van der Waals surface area (Å²) in [5.74, 6) is 0. The molecule has 94 valence electrons. The minimum atomic E-state index is -0.413. The number of alkyl carbamates (subject to hydrolysis) is 1. The second kappa shape index (κ2) is 6.09. The van der Waals surface area contributed by atoms with Gasteiger partial charge in [0.15, 0.2) is 0 Å². The topological polar surface area (TPSA) is 64.3 Å². The molecule has 0 aliphatic heterocycles. The van der Waals surface area contributed by atoms with E-state index in [-0.39, 0.29) is 12.7 Å². The van der Waals surface area contributed by atoms with E-state index in [1.165, 1.54) is 19.3 Å². The molecule has 1 saturated carbocycles. The fourth-order valence-corrected chi connectivity index (χ4v) is 1.79. The maximum atomic E-state index is 11.5. The van der Waals surface area contributed by atoms with Crippen molar-refractivity contribution in [2.75, 3.05) is 6.61 Å². The number of ether oxygens (including phenoxy) is 1. The number of carbonyl (C=O) groups is 1. The highest BCUT2D eigenvalue weighted by molar-refractivity contribution is 5.67. The van der Waals surface area contributed by atoms with Crippen LogP contribution in [-0.4, -0.2) is 24.3 Å². The zero-order valence-electron chi connectivity index (χ0n) is 10.4. The number of carbonyl (C=O) groups excluding carboxylic acids is 1. The zero-order chi connectivity index (χ0) is 12.0. The lowest BCUT2D eigenvalue weighted by molar-refractivity contribution is 0.114. The predicted octanol–water partition coefficient (Wildman–Crippen LogP) is 2.17. The second-order valence-corrected chi connectivity index (χ2v) is 5.06. The lowest BCUT2D eigenvalue weighted by Crippen LogP contribution is -2.44. The first-order valence-corrected chi connectivity index (χ1v) is 6.25. The second-order valence-electron chi connectivity index (χ2n) is 5.06. The Bertz CT molecular complexity index is 223. The Hall–Kier alpha value is -0.770. The highest BCUT2D eigenvalue weighted by Crippen LogP contribution is 2.17. The van der Waals surface area contributed by atoms with E-state index < -0.39 is 5.54 Å². The van der Waals surface area contributed by atoms with Gasteiger partial charge in [-0.15, -0.1) is 0 Å². The molecule has 4 heteroatoms. The lowest BCUT2D eigenvalue weighted by atomic mass is 9.96. The summed E-state index contributed by atoms with van der Waals surface area (Å²) in [7, 11) is 0. The molecule has 0 radical (unpaired) electrons. The van der Waals surface area contributed by atoms with Crippen molar-refractivity contribution in [2.45, 2.75) is 64.0 Å². The number of rotatable bonds is 4. The van der Waals surface area contributed by atoms with Gasteiger partial charge in [-0.25, -0.2) is 4.79 Å². The maximum Gasteiger partial charge on any atom is 0.407 e. The summed E-state index contributed by atoms with van der Waals surface area (Å²) in [4.78, 5) is 11.5. The Kier molecular flexibility index (Phi) is 5.06. The third-order valence-corrected chi connectivity index (χ3v) is 3.27. The van der Waals surface area contributed by atoms with E-state index in [2.05, 4.69) is 5.32 Å². The smallest absolute Gasteiger partial charge is 0.407 e. The molecule has 1 aliphatic carbocycles. The van der Waals surface area contributed by atoms with Crippen molar-refractivity contribution in [3.05, 3.63) is 0 Å². The molecule has 4 nitrogen and oxygen atoms in total. The Balaban J connectivity index is 2.19. The van der Waals surface area contributed by atoms with Crippen molar-refractivity contribution < 1.29 is 9.53 Å². The van der Waals surface area contributed by atoms with Crippen molar-refractivity contribution in [2.24, 2.45) is 5.73 Å². The summed E-state index contributed by atoms with van der Waals surface area (Å²) in [6.45, 7) is 4.16. The summed E-state index contributed by atoms with van der Waals surface area (Å²) in [5.41, 5.74) is 5.48. The Labute approximate surface area is 97.9 Å². The fraction of sp³-hybridized carbons (Fsp3) is 0.917. The van der Waals surface area contributed by atoms with E-state index in [0.717, 1.165) is 19.3 Å². The minimum Gasteiger partial charge on any atom is -0.448 e. The summed E-state index contributed by atoms with van der Waals surface area (Å²) in [6.07, 6.45) is 6.30. The van der Waals surface area contributed by atoms with Crippen molar-refractivity contribution in [1.29, 1.82) is 0 Å². The first kappa shape index (κ1) is 13.3. The molecule has 16 heavy (non-hydrogen) atoms. The van der Waals surface area contributed by atoms with Crippen LogP contribution < -0.4 is 11.1 Å². The van der Waals surface area contributed by atoms with Crippen LogP contribution in [-0.2, 0) is 4.74 Å². The van der Waals surface area contributed by atoms with Gasteiger partial charge in [-0.1, -0.05) is 26.2 Å². The van der Waals surface area contributed by atoms with Crippen LogP contribution in [0.25, 0.3) is 0 Å². The number of amides is 1. The molecule has 1 aliphatic rings. The molecular weight excluding hydrogens is 204 g/mol. The molecule has 1 atom stereocenters. The highest BCUT2D eigenvalue weighted by Gasteiger charge is 2.20. The third kappa shape index (κ3) is 4.84. The molecule has 0 aromatic carbocycles. The van der Waals surface area contributed by atoms with E-state index in [1.807, 2.05) is 13.8 Å². The molecule has 0 saturated heterocycles. The van der Waals surface area contributed by atoms with Gasteiger partial charge in [-0.05, 0) is 26.2 Å². The quantitative estimate of drug-likeness (QED) is 0.775. The van der Waals surface area contributed by atoms with Gasteiger partial charge in [0, 0.05) is 11.6 Å². The molecule has 0 spiro atoms. The molecule has 0 bridgehead atoms. The van der Waals surface area contributed by atoms with Gasteiger partial charge >= 0.3 is 6.09 Å². The number of nitrogens with one attached hydrogen (secondary N) is 1. The van der Waals surface area contributed by atoms with Crippen molar-refractivity contribution in [3.8, 4) is 0 Å². The molecule has 1 rings (SSSR count). The van der Waals surface area contributed by atoms with Crippen molar-refractivity contribution in [3.63, 3.8) is 0 Å². The van der Waals surface area contributed by atoms with Gasteiger partial charge < -0.3 is 15.8 Å². The van der Waals surface area contributed by atoms with Crippen molar-refractivity contribution >= 4 is 6.09 Å². The Morgan fingerprint density at radius 2 is 2.06 bits per heavy atom. The molecule has 1 fully saturated rings. The SMILES string of the molecule is CCC(C)(N)COC(=O)NC1CCCCC1. The predicted molar refractivity (Wildman–Crippen MR) is 64.2 cm³/mol. The number of hydrogen-bond donors (Lipinski definition) is 2. The van der Waals surface area contributed by atoms with Gasteiger partial charge in [0.1, 0.15) is 6.61 Å². The van der Waals surface area contributed by atoms with Crippen LogP contribution in [0.2, 0.25) is 0 Å². The third-order valence-electron chi connectivity index (χ3n) is 3.27. The molecule has 0 aromatic rings. The van der Waals surface area contributed by atoms with Crippen LogP contribution in [0.15, 0.2) is 0 Å². The average Bonchev–Trinajstić information content (AvgIpc) is 2.28. The maximum absolute atomic E-state index is 11.5.